The Morgan fingerprint density at radius 1 is 1.00 bits per heavy atom. The normalized spacial score (nSPS) is 27.7. The summed E-state index contributed by atoms with van der Waals surface area (Å²) in [6.07, 6.45) is 6.88. The van der Waals surface area contributed by atoms with Gasteiger partial charge in [-0.05, 0) is 73.9 Å². The van der Waals surface area contributed by atoms with Crippen LogP contribution in [0.2, 0.25) is 0 Å². The molecule has 1 aromatic carbocycles. The van der Waals surface area contributed by atoms with E-state index in [0.717, 1.165) is 17.5 Å². The lowest BCUT2D eigenvalue weighted by molar-refractivity contribution is -0.0384. The fraction of sp³-hybridized carbons (Fsp3) is 0.739. The van der Waals surface area contributed by atoms with Crippen LogP contribution in [0.3, 0.4) is 0 Å². The van der Waals surface area contributed by atoms with E-state index in [2.05, 4.69) is 27.2 Å². The van der Waals surface area contributed by atoms with Gasteiger partial charge in [-0.2, -0.15) is 0 Å². The third kappa shape index (κ3) is 3.31. The molecule has 1 aromatic rings. The quantitative estimate of drug-likeness (QED) is 0.843. The highest BCUT2D eigenvalue weighted by atomic mass is 16.5. The Bertz CT molecular complexity index is 700. The minimum atomic E-state index is 0.656. The molecule has 2 aliphatic heterocycles. The van der Waals surface area contributed by atoms with E-state index < -0.39 is 0 Å². The lowest BCUT2D eigenvalue weighted by atomic mass is 9.60. The number of benzene rings is 1. The number of ether oxygens (including phenoxy) is 2. The molecule has 3 fully saturated rings. The first kappa shape index (κ1) is 18.7. The molecule has 5 rings (SSSR count). The summed E-state index contributed by atoms with van der Waals surface area (Å²) in [5.41, 5.74) is 3.60. The molecule has 4 aliphatic rings. The number of nitrogens with zero attached hydrogens (tertiary/aromatic N) is 2. The van der Waals surface area contributed by atoms with E-state index in [-0.39, 0.29) is 0 Å². The average Bonchev–Trinajstić information content (AvgIpc) is 2.71. The topological polar surface area (TPSA) is 37.0 Å². The van der Waals surface area contributed by atoms with E-state index in [1.54, 1.807) is 14.2 Å². The SMILES string of the molecule is COc1cc2c(cc1OC)C(CN1CCN(C3CC4(CCNCC4)C3)CC1)C2. The molecular formula is C23H35N3O2. The molecule has 2 aliphatic carbocycles. The highest BCUT2D eigenvalue weighted by molar-refractivity contribution is 5.53. The maximum Gasteiger partial charge on any atom is 0.161 e. The number of piperidine rings is 1. The van der Waals surface area contributed by atoms with E-state index in [9.17, 15) is 0 Å². The fourth-order valence-electron chi connectivity index (χ4n) is 6.09. The van der Waals surface area contributed by atoms with Gasteiger partial charge in [0.15, 0.2) is 11.5 Å². The predicted octanol–water partition coefficient (Wildman–Crippen LogP) is 2.49. The highest BCUT2D eigenvalue weighted by Gasteiger charge is 2.47. The molecule has 154 valence electrons. The number of rotatable bonds is 5. The van der Waals surface area contributed by atoms with Crippen molar-refractivity contribution < 1.29 is 9.47 Å². The second-order valence-corrected chi connectivity index (χ2v) is 9.46. The largest absolute Gasteiger partial charge is 0.493 e. The standard InChI is InChI=1S/C23H35N3O2/c1-27-21-12-17-11-18(20(17)13-22(21)28-2)16-25-7-9-26(10-8-25)19-14-23(15-19)3-5-24-6-4-23/h12-13,18-19,24H,3-11,14-16H2,1-2H3. The Hall–Kier alpha value is -1.30. The van der Waals surface area contributed by atoms with E-state index in [4.69, 9.17) is 9.47 Å². The molecule has 1 N–H and O–H groups in total. The van der Waals surface area contributed by atoms with Gasteiger partial charge >= 0.3 is 0 Å². The Kier molecular flexibility index (Phi) is 5.02. The Balaban J connectivity index is 1.11. The molecule has 2 heterocycles. The minimum absolute atomic E-state index is 0.656. The van der Waals surface area contributed by atoms with Crippen molar-refractivity contribution in [3.63, 3.8) is 0 Å². The Labute approximate surface area is 169 Å². The summed E-state index contributed by atoms with van der Waals surface area (Å²) in [6.45, 7) is 8.63. The van der Waals surface area contributed by atoms with Crippen LogP contribution in [0.1, 0.15) is 42.7 Å². The zero-order valence-electron chi connectivity index (χ0n) is 17.5. The molecular weight excluding hydrogens is 350 g/mol. The van der Waals surface area contributed by atoms with Gasteiger partial charge < -0.3 is 19.7 Å². The first-order valence-corrected chi connectivity index (χ1v) is 11.1. The third-order valence-electron chi connectivity index (χ3n) is 7.95. The van der Waals surface area contributed by atoms with Gasteiger partial charge in [-0.3, -0.25) is 4.90 Å². The lowest BCUT2D eigenvalue weighted by Gasteiger charge is -2.55. The van der Waals surface area contributed by atoms with Crippen molar-refractivity contribution in [2.24, 2.45) is 5.41 Å². The van der Waals surface area contributed by atoms with Gasteiger partial charge in [0, 0.05) is 44.7 Å². The predicted molar refractivity (Wildman–Crippen MR) is 112 cm³/mol. The number of hydrogen-bond acceptors (Lipinski definition) is 5. The van der Waals surface area contributed by atoms with Crippen LogP contribution in [0.4, 0.5) is 0 Å². The molecule has 5 heteroatoms. The molecule has 0 bridgehead atoms. The summed E-state index contributed by atoms with van der Waals surface area (Å²) in [5, 5.41) is 3.52. The minimum Gasteiger partial charge on any atom is -0.493 e. The van der Waals surface area contributed by atoms with E-state index in [1.165, 1.54) is 89.0 Å². The van der Waals surface area contributed by atoms with Crippen molar-refractivity contribution in [2.45, 2.75) is 44.1 Å². The summed E-state index contributed by atoms with van der Waals surface area (Å²) in [5.74, 6) is 2.39. The monoisotopic (exact) mass is 385 g/mol. The van der Waals surface area contributed by atoms with Crippen LogP contribution in [-0.4, -0.2) is 75.9 Å². The van der Waals surface area contributed by atoms with Crippen molar-refractivity contribution in [2.75, 3.05) is 60.0 Å². The zero-order valence-corrected chi connectivity index (χ0v) is 17.5. The Morgan fingerprint density at radius 2 is 1.68 bits per heavy atom. The van der Waals surface area contributed by atoms with Crippen molar-refractivity contribution in [1.29, 1.82) is 0 Å². The van der Waals surface area contributed by atoms with Gasteiger partial charge in [0.1, 0.15) is 0 Å². The maximum absolute atomic E-state index is 5.50. The molecule has 1 unspecified atom stereocenters. The van der Waals surface area contributed by atoms with E-state index in [1.807, 2.05) is 0 Å². The van der Waals surface area contributed by atoms with Crippen LogP contribution in [0.5, 0.6) is 11.5 Å². The summed E-state index contributed by atoms with van der Waals surface area (Å²) in [6, 6.07) is 5.22. The van der Waals surface area contributed by atoms with Gasteiger partial charge in [0.05, 0.1) is 14.2 Å². The highest BCUT2D eigenvalue weighted by Crippen LogP contribution is 2.50. The molecule has 0 amide bonds. The molecule has 1 atom stereocenters. The van der Waals surface area contributed by atoms with Crippen LogP contribution in [0.25, 0.3) is 0 Å². The first-order chi connectivity index (χ1) is 13.7. The van der Waals surface area contributed by atoms with Gasteiger partial charge in [-0.25, -0.2) is 0 Å². The molecule has 2 saturated heterocycles. The van der Waals surface area contributed by atoms with E-state index in [0.29, 0.717) is 11.3 Å². The number of nitrogens with one attached hydrogen (secondary N) is 1. The molecule has 0 aromatic heterocycles. The number of methoxy groups -OCH3 is 2. The fourth-order valence-corrected chi connectivity index (χ4v) is 6.09. The van der Waals surface area contributed by atoms with Crippen LogP contribution < -0.4 is 14.8 Å². The maximum atomic E-state index is 5.50. The van der Waals surface area contributed by atoms with Crippen LogP contribution >= 0.6 is 0 Å². The van der Waals surface area contributed by atoms with Gasteiger partial charge in [-0.15, -0.1) is 0 Å². The summed E-state index contributed by atoms with van der Waals surface area (Å²) >= 11 is 0. The summed E-state index contributed by atoms with van der Waals surface area (Å²) < 4.78 is 10.9. The summed E-state index contributed by atoms with van der Waals surface area (Å²) in [7, 11) is 3.44. The summed E-state index contributed by atoms with van der Waals surface area (Å²) in [4.78, 5) is 5.46. The van der Waals surface area contributed by atoms with Gasteiger partial charge in [0.25, 0.3) is 0 Å². The van der Waals surface area contributed by atoms with Crippen LogP contribution in [0, 0.1) is 5.41 Å². The number of fused-ring (bicyclic) bond motifs is 1. The molecule has 0 radical (unpaired) electrons. The second-order valence-electron chi connectivity index (χ2n) is 9.46. The Morgan fingerprint density at radius 3 is 2.36 bits per heavy atom. The van der Waals surface area contributed by atoms with Crippen molar-refractivity contribution in [3.05, 3.63) is 23.3 Å². The van der Waals surface area contributed by atoms with Gasteiger partial charge in [-0.1, -0.05) is 0 Å². The van der Waals surface area contributed by atoms with E-state index >= 15 is 0 Å². The first-order valence-electron chi connectivity index (χ1n) is 11.1. The second kappa shape index (κ2) is 7.51. The van der Waals surface area contributed by atoms with Gasteiger partial charge in [0.2, 0.25) is 0 Å². The number of piperazine rings is 1. The zero-order chi connectivity index (χ0) is 19.1. The lowest BCUT2D eigenvalue weighted by Crippen LogP contribution is -2.59. The van der Waals surface area contributed by atoms with Crippen molar-refractivity contribution in [1.82, 2.24) is 15.1 Å². The van der Waals surface area contributed by atoms with Crippen LogP contribution in [0.15, 0.2) is 12.1 Å². The molecule has 5 nitrogen and oxygen atoms in total. The van der Waals surface area contributed by atoms with Crippen molar-refractivity contribution >= 4 is 0 Å². The third-order valence-corrected chi connectivity index (χ3v) is 7.95. The molecule has 1 spiro atoms. The average molecular weight is 386 g/mol. The van der Waals surface area contributed by atoms with Crippen molar-refractivity contribution in [3.8, 4) is 11.5 Å². The molecule has 28 heavy (non-hydrogen) atoms. The smallest absolute Gasteiger partial charge is 0.161 e. The number of hydrogen-bond donors (Lipinski definition) is 1. The molecule has 1 saturated carbocycles. The van der Waals surface area contributed by atoms with Crippen LogP contribution in [-0.2, 0) is 6.42 Å².